The smallest absolute Gasteiger partial charge is 0.331 e. The number of nitrogens with one attached hydrogen (secondary N) is 1. The maximum atomic E-state index is 12.2. The van der Waals surface area contributed by atoms with Gasteiger partial charge in [0.05, 0.1) is 28.9 Å². The highest BCUT2D eigenvalue weighted by Gasteiger charge is 2.31. The largest absolute Gasteiger partial charge is 0.452 e. The minimum absolute atomic E-state index is 0.0207. The van der Waals surface area contributed by atoms with Crippen LogP contribution in [0.2, 0.25) is 5.15 Å². The Labute approximate surface area is 178 Å². The van der Waals surface area contributed by atoms with Gasteiger partial charge in [0.1, 0.15) is 11.0 Å². The van der Waals surface area contributed by atoms with Crippen LogP contribution in [0.4, 0.5) is 5.82 Å². The Balaban J connectivity index is 1.57. The fourth-order valence-corrected chi connectivity index (χ4v) is 5.14. The Hall–Kier alpha value is -2.66. The van der Waals surface area contributed by atoms with E-state index in [4.69, 9.17) is 16.3 Å². The average Bonchev–Trinajstić information content (AvgIpc) is 3.27. The van der Waals surface area contributed by atoms with Crippen LogP contribution in [0, 0.1) is 13.8 Å². The SMILES string of the molecule is Cc1cc(NC(=O)COC(=O)/C=C/c2c(C)nn(C)c2Cl)n(C2CCS(=O)(=O)C2)n1. The van der Waals surface area contributed by atoms with E-state index in [1.54, 1.807) is 27.0 Å². The van der Waals surface area contributed by atoms with Gasteiger partial charge in [0.2, 0.25) is 0 Å². The summed E-state index contributed by atoms with van der Waals surface area (Å²) in [6.07, 6.45) is 3.08. The van der Waals surface area contributed by atoms with Gasteiger partial charge in [0, 0.05) is 24.8 Å². The normalized spacial score (nSPS) is 18.1. The predicted octanol–water partition coefficient (Wildman–Crippen LogP) is 1.44. The van der Waals surface area contributed by atoms with E-state index in [2.05, 4.69) is 15.5 Å². The van der Waals surface area contributed by atoms with E-state index < -0.39 is 28.3 Å². The Morgan fingerprint density at radius 3 is 2.70 bits per heavy atom. The van der Waals surface area contributed by atoms with E-state index >= 15 is 0 Å². The third-order valence-electron chi connectivity index (χ3n) is 4.61. The fourth-order valence-electron chi connectivity index (χ4n) is 3.21. The molecule has 2 aromatic rings. The molecule has 0 radical (unpaired) electrons. The molecule has 1 fully saturated rings. The number of nitrogens with zero attached hydrogens (tertiary/aromatic N) is 4. The molecule has 0 bridgehead atoms. The van der Waals surface area contributed by atoms with Crippen molar-refractivity contribution in [2.24, 2.45) is 7.05 Å². The summed E-state index contributed by atoms with van der Waals surface area (Å²) < 4.78 is 31.4. The van der Waals surface area contributed by atoms with Crippen molar-refractivity contribution in [2.45, 2.75) is 26.3 Å². The van der Waals surface area contributed by atoms with Crippen LogP contribution >= 0.6 is 11.6 Å². The van der Waals surface area contributed by atoms with Gasteiger partial charge in [0.15, 0.2) is 16.4 Å². The van der Waals surface area contributed by atoms with Crippen molar-refractivity contribution in [3.8, 4) is 0 Å². The van der Waals surface area contributed by atoms with Gasteiger partial charge >= 0.3 is 5.97 Å². The van der Waals surface area contributed by atoms with Gasteiger partial charge in [-0.15, -0.1) is 0 Å². The molecular weight excluding hydrogens is 434 g/mol. The first-order chi connectivity index (χ1) is 14.1. The number of sulfone groups is 1. The summed E-state index contributed by atoms with van der Waals surface area (Å²) in [7, 11) is -1.42. The number of carbonyl (C=O) groups is 2. The summed E-state index contributed by atoms with van der Waals surface area (Å²) in [5, 5.41) is 11.4. The molecule has 30 heavy (non-hydrogen) atoms. The number of rotatable bonds is 6. The lowest BCUT2D eigenvalue weighted by Crippen LogP contribution is -2.23. The maximum Gasteiger partial charge on any atom is 0.331 e. The third kappa shape index (κ3) is 5.08. The highest BCUT2D eigenvalue weighted by Crippen LogP contribution is 2.27. The van der Waals surface area contributed by atoms with Crippen molar-refractivity contribution >= 4 is 45.2 Å². The lowest BCUT2D eigenvalue weighted by Gasteiger charge is -2.13. The monoisotopic (exact) mass is 455 g/mol. The van der Waals surface area contributed by atoms with E-state index in [0.717, 1.165) is 0 Å². The molecule has 1 aliphatic rings. The number of hydrogen-bond donors (Lipinski definition) is 1. The fraction of sp³-hybridized carbons (Fsp3) is 0.444. The molecule has 1 N–H and O–H groups in total. The molecule has 162 valence electrons. The van der Waals surface area contributed by atoms with Crippen molar-refractivity contribution < 1.29 is 22.7 Å². The lowest BCUT2D eigenvalue weighted by atomic mass is 10.2. The lowest BCUT2D eigenvalue weighted by molar-refractivity contribution is -0.142. The highest BCUT2D eigenvalue weighted by atomic mass is 35.5. The summed E-state index contributed by atoms with van der Waals surface area (Å²) in [5.74, 6) is -0.837. The molecule has 2 aromatic heterocycles. The molecular formula is C18H22ClN5O5S. The maximum absolute atomic E-state index is 12.2. The van der Waals surface area contributed by atoms with Crippen LogP contribution in [0.5, 0.6) is 0 Å². The Bertz CT molecular complexity index is 1120. The van der Waals surface area contributed by atoms with Crippen molar-refractivity contribution in [1.29, 1.82) is 0 Å². The van der Waals surface area contributed by atoms with Crippen molar-refractivity contribution in [3.05, 3.63) is 34.2 Å². The zero-order chi connectivity index (χ0) is 22.1. The molecule has 1 unspecified atom stereocenters. The number of esters is 1. The molecule has 12 heteroatoms. The van der Waals surface area contributed by atoms with Crippen LogP contribution in [0.1, 0.15) is 29.4 Å². The minimum Gasteiger partial charge on any atom is -0.452 e. The highest BCUT2D eigenvalue weighted by molar-refractivity contribution is 7.91. The number of hydrogen-bond acceptors (Lipinski definition) is 7. The van der Waals surface area contributed by atoms with E-state index in [9.17, 15) is 18.0 Å². The first-order valence-corrected chi connectivity index (χ1v) is 11.4. The Morgan fingerprint density at radius 1 is 1.37 bits per heavy atom. The standard InChI is InChI=1S/C18H22ClN5O5S/c1-11-8-15(24(21-11)13-6-7-30(27,28)10-13)20-16(25)9-29-17(26)5-4-14-12(2)22-23(3)18(14)19/h4-5,8,13H,6-7,9-10H2,1-3H3,(H,20,25)/b5-4+. The number of ether oxygens (including phenoxy) is 1. The molecule has 1 atom stereocenters. The van der Waals surface area contributed by atoms with Gasteiger partial charge in [-0.2, -0.15) is 10.2 Å². The summed E-state index contributed by atoms with van der Waals surface area (Å²) in [6, 6.07) is 1.30. The average molecular weight is 456 g/mol. The quantitative estimate of drug-likeness (QED) is 0.516. The van der Waals surface area contributed by atoms with Gasteiger partial charge in [-0.05, 0) is 26.3 Å². The van der Waals surface area contributed by atoms with Crippen molar-refractivity contribution in [3.63, 3.8) is 0 Å². The summed E-state index contributed by atoms with van der Waals surface area (Å²) >= 11 is 6.09. The van der Waals surface area contributed by atoms with Crippen LogP contribution in [0.3, 0.4) is 0 Å². The number of amides is 1. The topological polar surface area (TPSA) is 125 Å². The van der Waals surface area contributed by atoms with Gasteiger partial charge in [-0.1, -0.05) is 11.6 Å². The van der Waals surface area contributed by atoms with Crippen molar-refractivity contribution in [2.75, 3.05) is 23.4 Å². The molecule has 0 saturated carbocycles. The molecule has 0 aliphatic carbocycles. The molecule has 1 saturated heterocycles. The van der Waals surface area contributed by atoms with Gasteiger partial charge in [-0.25, -0.2) is 17.9 Å². The number of halogens is 1. The van der Waals surface area contributed by atoms with Crippen LogP contribution in [0.25, 0.3) is 6.08 Å². The first-order valence-electron chi connectivity index (χ1n) is 9.16. The third-order valence-corrected chi connectivity index (χ3v) is 6.81. The number of aromatic nitrogens is 4. The molecule has 0 spiro atoms. The van der Waals surface area contributed by atoms with Crippen LogP contribution in [0.15, 0.2) is 12.1 Å². The van der Waals surface area contributed by atoms with Crippen LogP contribution in [-0.2, 0) is 31.2 Å². The summed E-state index contributed by atoms with van der Waals surface area (Å²) in [5.41, 5.74) is 1.88. The molecule has 1 aliphatic heterocycles. The van der Waals surface area contributed by atoms with Gasteiger partial charge in [-0.3, -0.25) is 9.48 Å². The van der Waals surface area contributed by atoms with Crippen LogP contribution < -0.4 is 5.32 Å². The molecule has 3 heterocycles. The predicted molar refractivity (Wildman–Crippen MR) is 111 cm³/mol. The zero-order valence-corrected chi connectivity index (χ0v) is 18.3. The van der Waals surface area contributed by atoms with E-state index in [1.165, 1.54) is 21.5 Å². The second-order valence-corrected chi connectivity index (χ2v) is 9.66. The Kier molecular flexibility index (Phi) is 6.32. The van der Waals surface area contributed by atoms with Gasteiger partial charge in [0.25, 0.3) is 5.91 Å². The second-order valence-electron chi connectivity index (χ2n) is 7.08. The zero-order valence-electron chi connectivity index (χ0n) is 16.8. The number of carbonyl (C=O) groups excluding carboxylic acids is 2. The summed E-state index contributed by atoms with van der Waals surface area (Å²) in [6.45, 7) is 2.99. The van der Waals surface area contributed by atoms with E-state index in [-0.39, 0.29) is 17.5 Å². The first kappa shape index (κ1) is 22.0. The van der Waals surface area contributed by atoms with E-state index in [0.29, 0.717) is 34.3 Å². The molecule has 10 nitrogen and oxygen atoms in total. The molecule has 0 aromatic carbocycles. The molecule has 3 rings (SSSR count). The van der Waals surface area contributed by atoms with E-state index in [1.807, 2.05) is 0 Å². The molecule has 1 amide bonds. The van der Waals surface area contributed by atoms with Crippen LogP contribution in [-0.4, -0.2) is 58.0 Å². The Morgan fingerprint density at radius 2 is 2.10 bits per heavy atom. The van der Waals surface area contributed by atoms with Crippen molar-refractivity contribution in [1.82, 2.24) is 19.6 Å². The second kappa shape index (κ2) is 8.60. The number of aryl methyl sites for hydroxylation is 3. The minimum atomic E-state index is -3.10. The van der Waals surface area contributed by atoms with Gasteiger partial charge < -0.3 is 10.1 Å². The summed E-state index contributed by atoms with van der Waals surface area (Å²) in [4.78, 5) is 24.1. The number of anilines is 1.